The molecule has 2 aromatic carbocycles. The lowest BCUT2D eigenvalue weighted by Gasteiger charge is -2.15. The Bertz CT molecular complexity index is 1020. The predicted octanol–water partition coefficient (Wildman–Crippen LogP) is 4.30. The Kier molecular flexibility index (Phi) is 6.77. The number of carbonyl (C=O) groups excluding carboxylic acids is 2. The quantitative estimate of drug-likeness (QED) is 0.542. The number of nitrogens with one attached hydrogen (secondary N) is 1. The minimum absolute atomic E-state index is 0.0160. The number of ether oxygens (including phenoxy) is 1. The number of hydrogen-bond acceptors (Lipinski definition) is 5. The van der Waals surface area contributed by atoms with Gasteiger partial charge in [0.15, 0.2) is 6.61 Å². The number of hydrogen-bond donors (Lipinski definition) is 2. The molecule has 0 aliphatic carbocycles. The highest BCUT2D eigenvalue weighted by Gasteiger charge is 2.15. The van der Waals surface area contributed by atoms with E-state index in [0.29, 0.717) is 17.1 Å². The molecule has 0 fully saturated rings. The molecule has 0 saturated heterocycles. The first kappa shape index (κ1) is 21.4. The molecular weight excluding hydrogens is 382 g/mol. The molecule has 1 amide bonds. The molecular formula is C24H27NO5. The van der Waals surface area contributed by atoms with Gasteiger partial charge in [-0.3, -0.25) is 9.59 Å². The Hall–Kier alpha value is -3.28. The third-order valence-electron chi connectivity index (χ3n) is 4.84. The number of rotatable bonds is 8. The lowest BCUT2D eigenvalue weighted by atomic mass is 10.00. The fourth-order valence-electron chi connectivity index (χ4n) is 3.34. The Morgan fingerprint density at radius 3 is 2.53 bits per heavy atom. The number of carbonyl (C=O) groups is 2. The van der Waals surface area contributed by atoms with Gasteiger partial charge in [0.2, 0.25) is 0 Å². The summed E-state index contributed by atoms with van der Waals surface area (Å²) in [5, 5.41) is 13.0. The average molecular weight is 409 g/mol. The second-order valence-corrected chi connectivity index (χ2v) is 7.91. The van der Waals surface area contributed by atoms with Crippen LogP contribution in [0.15, 0.2) is 53.1 Å². The van der Waals surface area contributed by atoms with Gasteiger partial charge in [-0.1, -0.05) is 38.1 Å². The van der Waals surface area contributed by atoms with Crippen molar-refractivity contribution in [2.45, 2.75) is 39.7 Å². The van der Waals surface area contributed by atoms with Gasteiger partial charge < -0.3 is 19.6 Å². The molecule has 0 radical (unpaired) electrons. The van der Waals surface area contributed by atoms with E-state index in [1.165, 1.54) is 24.0 Å². The van der Waals surface area contributed by atoms with Gasteiger partial charge in [0.25, 0.3) is 5.91 Å². The zero-order valence-corrected chi connectivity index (χ0v) is 17.5. The lowest BCUT2D eigenvalue weighted by Crippen LogP contribution is -2.31. The number of furan rings is 1. The molecule has 6 nitrogen and oxygen atoms in total. The number of benzene rings is 2. The Morgan fingerprint density at radius 2 is 1.83 bits per heavy atom. The highest BCUT2D eigenvalue weighted by atomic mass is 16.5. The number of phenolic OH excluding ortho intramolecular Hbond substituents is 1. The van der Waals surface area contributed by atoms with Crippen molar-refractivity contribution in [3.63, 3.8) is 0 Å². The van der Waals surface area contributed by atoms with Crippen LogP contribution in [-0.4, -0.2) is 23.6 Å². The van der Waals surface area contributed by atoms with Crippen LogP contribution in [-0.2, 0) is 27.2 Å². The molecule has 1 heterocycles. The normalized spacial score (nSPS) is 12.1. The summed E-state index contributed by atoms with van der Waals surface area (Å²) in [5.41, 5.74) is 3.40. The molecule has 3 rings (SSSR count). The van der Waals surface area contributed by atoms with Crippen molar-refractivity contribution in [1.82, 2.24) is 5.32 Å². The molecule has 3 aromatic rings. The SMILES string of the molecule is CC(C)Cc1ccc([C@@H](C)NC(=O)COC(=O)Cc2coc3cc(O)ccc23)cc1. The molecule has 0 spiro atoms. The van der Waals surface area contributed by atoms with Crippen LogP contribution in [0.1, 0.15) is 43.5 Å². The van der Waals surface area contributed by atoms with Crippen molar-refractivity contribution in [3.05, 3.63) is 65.4 Å². The first-order valence-electron chi connectivity index (χ1n) is 10.0. The third kappa shape index (κ3) is 5.63. The molecule has 1 aromatic heterocycles. The molecule has 1 atom stereocenters. The fourth-order valence-corrected chi connectivity index (χ4v) is 3.34. The van der Waals surface area contributed by atoms with Crippen molar-refractivity contribution in [2.24, 2.45) is 5.92 Å². The zero-order valence-electron chi connectivity index (χ0n) is 17.5. The number of esters is 1. The van der Waals surface area contributed by atoms with Gasteiger partial charge in [0.05, 0.1) is 18.7 Å². The van der Waals surface area contributed by atoms with Crippen LogP contribution >= 0.6 is 0 Å². The van der Waals surface area contributed by atoms with Crippen LogP contribution in [0.5, 0.6) is 5.75 Å². The van der Waals surface area contributed by atoms with E-state index in [2.05, 4.69) is 31.3 Å². The van der Waals surface area contributed by atoms with Gasteiger partial charge in [-0.15, -0.1) is 0 Å². The molecule has 158 valence electrons. The Morgan fingerprint density at radius 1 is 1.10 bits per heavy atom. The van der Waals surface area contributed by atoms with Gasteiger partial charge in [-0.05, 0) is 42.5 Å². The first-order chi connectivity index (χ1) is 14.3. The van der Waals surface area contributed by atoms with Crippen LogP contribution in [0.25, 0.3) is 11.0 Å². The van der Waals surface area contributed by atoms with Crippen LogP contribution in [0, 0.1) is 5.92 Å². The van der Waals surface area contributed by atoms with E-state index in [9.17, 15) is 14.7 Å². The van der Waals surface area contributed by atoms with Crippen LogP contribution < -0.4 is 5.32 Å². The summed E-state index contributed by atoms with van der Waals surface area (Å²) in [4.78, 5) is 24.3. The average Bonchev–Trinajstić information content (AvgIpc) is 3.08. The minimum atomic E-state index is -0.522. The Labute approximate surface area is 175 Å². The fraction of sp³-hybridized carbons (Fsp3) is 0.333. The maximum absolute atomic E-state index is 12.2. The molecule has 30 heavy (non-hydrogen) atoms. The molecule has 0 saturated carbocycles. The predicted molar refractivity (Wildman–Crippen MR) is 114 cm³/mol. The smallest absolute Gasteiger partial charge is 0.310 e. The van der Waals surface area contributed by atoms with Crippen molar-refractivity contribution in [3.8, 4) is 5.75 Å². The lowest BCUT2D eigenvalue weighted by molar-refractivity contribution is -0.148. The summed E-state index contributed by atoms with van der Waals surface area (Å²) >= 11 is 0. The van der Waals surface area contributed by atoms with E-state index in [4.69, 9.17) is 9.15 Å². The van der Waals surface area contributed by atoms with Crippen molar-refractivity contribution >= 4 is 22.8 Å². The molecule has 6 heteroatoms. The van der Waals surface area contributed by atoms with Gasteiger partial charge in [-0.25, -0.2) is 0 Å². The summed E-state index contributed by atoms with van der Waals surface area (Å²) in [6.45, 7) is 5.91. The zero-order chi connectivity index (χ0) is 21.7. The van der Waals surface area contributed by atoms with Gasteiger partial charge >= 0.3 is 5.97 Å². The standard InChI is InChI=1S/C24H27NO5/c1-15(2)10-17-4-6-18(7-5-17)16(3)25-23(27)14-30-24(28)11-19-13-29-22-12-20(26)8-9-21(19)22/h4-9,12-13,15-16,26H,10-11,14H2,1-3H3,(H,25,27)/t16-/m1/s1. The molecule has 0 unspecified atom stereocenters. The summed E-state index contributed by atoms with van der Waals surface area (Å²) in [5.74, 6) is -0.197. The van der Waals surface area contributed by atoms with Crippen molar-refractivity contribution in [1.29, 1.82) is 0 Å². The number of amides is 1. The van der Waals surface area contributed by atoms with Gasteiger partial charge in [-0.2, -0.15) is 0 Å². The Balaban J connectivity index is 1.48. The maximum atomic E-state index is 12.2. The van der Waals surface area contributed by atoms with Crippen molar-refractivity contribution < 1.29 is 23.8 Å². The minimum Gasteiger partial charge on any atom is -0.508 e. The van der Waals surface area contributed by atoms with Crippen LogP contribution in [0.3, 0.4) is 0 Å². The van der Waals surface area contributed by atoms with Crippen molar-refractivity contribution in [2.75, 3.05) is 6.61 Å². The second kappa shape index (κ2) is 9.48. The van der Waals surface area contributed by atoms with Gasteiger partial charge in [0.1, 0.15) is 11.3 Å². The highest BCUT2D eigenvalue weighted by molar-refractivity contribution is 5.87. The number of phenols is 1. The monoisotopic (exact) mass is 409 g/mol. The van der Waals surface area contributed by atoms with E-state index in [1.807, 2.05) is 19.1 Å². The van der Waals surface area contributed by atoms with Crippen LogP contribution in [0.2, 0.25) is 0 Å². The van der Waals surface area contributed by atoms with Crippen LogP contribution in [0.4, 0.5) is 0 Å². The van der Waals surface area contributed by atoms with E-state index < -0.39 is 5.97 Å². The van der Waals surface area contributed by atoms with E-state index in [-0.39, 0.29) is 30.7 Å². The highest BCUT2D eigenvalue weighted by Crippen LogP contribution is 2.25. The third-order valence-corrected chi connectivity index (χ3v) is 4.84. The summed E-state index contributed by atoms with van der Waals surface area (Å²) in [6.07, 6.45) is 2.46. The van der Waals surface area contributed by atoms with E-state index in [0.717, 1.165) is 17.4 Å². The second-order valence-electron chi connectivity index (χ2n) is 7.91. The summed E-state index contributed by atoms with van der Waals surface area (Å²) < 4.78 is 10.4. The molecule has 0 bridgehead atoms. The topological polar surface area (TPSA) is 88.8 Å². The molecule has 2 N–H and O–H groups in total. The van der Waals surface area contributed by atoms with E-state index in [1.54, 1.807) is 6.07 Å². The van der Waals surface area contributed by atoms with Gasteiger partial charge in [0, 0.05) is 17.0 Å². The van der Waals surface area contributed by atoms with E-state index >= 15 is 0 Å². The molecule has 0 aliphatic heterocycles. The maximum Gasteiger partial charge on any atom is 0.310 e. The number of aromatic hydroxyl groups is 1. The number of fused-ring (bicyclic) bond motifs is 1. The largest absolute Gasteiger partial charge is 0.508 e. The first-order valence-corrected chi connectivity index (χ1v) is 10.0. The molecule has 0 aliphatic rings. The summed E-state index contributed by atoms with van der Waals surface area (Å²) in [6, 6.07) is 12.7. The summed E-state index contributed by atoms with van der Waals surface area (Å²) in [7, 11) is 0.